The predicted octanol–water partition coefficient (Wildman–Crippen LogP) is 3.44. The van der Waals surface area contributed by atoms with Gasteiger partial charge in [-0.3, -0.25) is 9.82 Å². The second-order valence-corrected chi connectivity index (χ2v) is 10.4. The topological polar surface area (TPSA) is 120 Å². The first kappa shape index (κ1) is 25.5. The van der Waals surface area contributed by atoms with Crippen molar-refractivity contribution in [3.05, 3.63) is 78.0 Å². The Labute approximate surface area is 211 Å². The highest BCUT2D eigenvalue weighted by molar-refractivity contribution is 7.92. The third-order valence-electron chi connectivity index (χ3n) is 5.78. The largest absolute Gasteiger partial charge is 0.492 e. The van der Waals surface area contributed by atoms with Gasteiger partial charge in [-0.1, -0.05) is 18.2 Å². The molecule has 0 saturated heterocycles. The molecule has 0 fully saturated rings. The van der Waals surface area contributed by atoms with E-state index < -0.39 is 16.1 Å². The first-order chi connectivity index (χ1) is 17.2. The van der Waals surface area contributed by atoms with Gasteiger partial charge in [-0.05, 0) is 55.0 Å². The number of aromatic nitrogens is 2. The second kappa shape index (κ2) is 11.0. The Morgan fingerprint density at radius 1 is 1.08 bits per heavy atom. The quantitative estimate of drug-likeness (QED) is 0.229. The lowest BCUT2D eigenvalue weighted by Crippen LogP contribution is -2.26. The number of aliphatic hydroxyl groups is 1. The lowest BCUT2D eigenvalue weighted by molar-refractivity contribution is 0.172. The fourth-order valence-corrected chi connectivity index (χ4v) is 4.86. The highest BCUT2D eigenvalue weighted by Gasteiger charge is 2.16. The summed E-state index contributed by atoms with van der Waals surface area (Å²) >= 11 is 0. The van der Waals surface area contributed by atoms with Crippen LogP contribution in [0.3, 0.4) is 0 Å². The molecule has 0 bridgehead atoms. The summed E-state index contributed by atoms with van der Waals surface area (Å²) < 4.78 is 34.1. The molecule has 0 aliphatic carbocycles. The summed E-state index contributed by atoms with van der Waals surface area (Å²) in [4.78, 5) is 2.01. The van der Waals surface area contributed by atoms with Crippen molar-refractivity contribution < 1.29 is 18.3 Å². The molecule has 1 atom stereocenters. The third-order valence-corrected chi connectivity index (χ3v) is 7.16. The van der Waals surface area contributed by atoms with Gasteiger partial charge in [0.25, 0.3) is 10.0 Å². The number of fused-ring (bicyclic) bond motifs is 1. The van der Waals surface area contributed by atoms with Crippen molar-refractivity contribution >= 4 is 32.3 Å². The minimum absolute atomic E-state index is 0.170. The van der Waals surface area contributed by atoms with E-state index in [1.807, 2.05) is 50.2 Å². The van der Waals surface area contributed by atoms with Crippen molar-refractivity contribution in [2.24, 2.45) is 0 Å². The van der Waals surface area contributed by atoms with E-state index >= 15 is 0 Å². The molecule has 9 nitrogen and oxygen atoms in total. The summed E-state index contributed by atoms with van der Waals surface area (Å²) in [6.45, 7) is 3.20. The van der Waals surface area contributed by atoms with Crippen LogP contribution in [0.15, 0.2) is 71.6 Å². The molecule has 0 aliphatic rings. The van der Waals surface area contributed by atoms with Crippen molar-refractivity contribution in [1.29, 1.82) is 0 Å². The van der Waals surface area contributed by atoms with Gasteiger partial charge in [0.2, 0.25) is 0 Å². The fourth-order valence-electron chi connectivity index (χ4n) is 3.78. The van der Waals surface area contributed by atoms with Crippen LogP contribution in [0.2, 0.25) is 0 Å². The molecule has 4 aromatic rings. The van der Waals surface area contributed by atoms with Crippen LogP contribution in [0.5, 0.6) is 5.75 Å². The number of aromatic amines is 1. The van der Waals surface area contributed by atoms with Gasteiger partial charge in [-0.2, -0.15) is 5.10 Å². The monoisotopic (exact) mass is 509 g/mol. The van der Waals surface area contributed by atoms with Crippen molar-refractivity contribution in [1.82, 2.24) is 15.5 Å². The van der Waals surface area contributed by atoms with Crippen LogP contribution in [-0.4, -0.2) is 57.5 Å². The zero-order valence-electron chi connectivity index (χ0n) is 20.5. The summed E-state index contributed by atoms with van der Waals surface area (Å²) in [6, 6.07) is 19.3. The Bertz CT molecular complexity index is 1440. The van der Waals surface area contributed by atoms with Crippen LogP contribution < -0.4 is 19.7 Å². The first-order valence-corrected chi connectivity index (χ1v) is 13.1. The van der Waals surface area contributed by atoms with E-state index in [1.165, 1.54) is 0 Å². The summed E-state index contributed by atoms with van der Waals surface area (Å²) in [7, 11) is -0.0675. The number of rotatable bonds is 11. The second-order valence-electron chi connectivity index (χ2n) is 8.71. The molecule has 190 valence electrons. The molecular weight excluding hydrogens is 478 g/mol. The van der Waals surface area contributed by atoms with Gasteiger partial charge >= 0.3 is 0 Å². The van der Waals surface area contributed by atoms with Crippen LogP contribution in [-0.2, 0) is 10.0 Å². The smallest absolute Gasteiger partial charge is 0.261 e. The maximum atomic E-state index is 12.9. The number of sulfonamides is 1. The number of nitrogens with one attached hydrogen (secondary N) is 3. The summed E-state index contributed by atoms with van der Waals surface area (Å²) in [5.74, 6) is 0.740. The predicted molar refractivity (Wildman–Crippen MR) is 142 cm³/mol. The van der Waals surface area contributed by atoms with Crippen LogP contribution >= 0.6 is 0 Å². The molecule has 0 amide bonds. The molecule has 3 aromatic carbocycles. The van der Waals surface area contributed by atoms with Crippen molar-refractivity contribution in [3.63, 3.8) is 0 Å². The van der Waals surface area contributed by atoms with Crippen LogP contribution in [0.25, 0.3) is 10.9 Å². The maximum Gasteiger partial charge on any atom is 0.261 e. The number of aryl methyl sites for hydroxylation is 1. The maximum absolute atomic E-state index is 12.9. The van der Waals surface area contributed by atoms with Crippen LogP contribution in [0, 0.1) is 6.92 Å². The number of hydrogen-bond donors (Lipinski definition) is 4. The van der Waals surface area contributed by atoms with Gasteiger partial charge in [0, 0.05) is 50.0 Å². The molecule has 36 heavy (non-hydrogen) atoms. The van der Waals surface area contributed by atoms with Gasteiger partial charge < -0.3 is 20.1 Å². The third kappa shape index (κ3) is 6.14. The van der Waals surface area contributed by atoms with Gasteiger partial charge in [-0.25, -0.2) is 8.42 Å². The van der Waals surface area contributed by atoms with E-state index in [0.717, 1.165) is 28.0 Å². The number of benzene rings is 3. The zero-order valence-corrected chi connectivity index (χ0v) is 21.3. The number of ether oxygens (including phenoxy) is 1. The molecule has 1 heterocycles. The Hall–Kier alpha value is -3.60. The van der Waals surface area contributed by atoms with E-state index in [2.05, 4.69) is 20.2 Å². The summed E-state index contributed by atoms with van der Waals surface area (Å²) in [5.41, 5.74) is 3.64. The highest BCUT2D eigenvalue weighted by atomic mass is 32.2. The molecule has 0 saturated carbocycles. The molecular formula is C26H31N5O4S. The molecule has 0 aliphatic heterocycles. The zero-order chi connectivity index (χ0) is 25.7. The molecule has 4 N–H and O–H groups in total. The fraction of sp³-hybridized carbons (Fsp3) is 0.269. The minimum atomic E-state index is -3.77. The van der Waals surface area contributed by atoms with Crippen LogP contribution in [0.4, 0.5) is 11.4 Å². The van der Waals surface area contributed by atoms with E-state index in [4.69, 9.17) is 4.74 Å². The Balaban J connectivity index is 1.29. The molecule has 0 unspecified atom stereocenters. The minimum Gasteiger partial charge on any atom is -0.492 e. The molecule has 4 rings (SSSR count). The average Bonchev–Trinajstić information content (AvgIpc) is 3.23. The summed E-state index contributed by atoms with van der Waals surface area (Å²) in [6.07, 6.45) is -0.809. The summed E-state index contributed by atoms with van der Waals surface area (Å²) in [5, 5.41) is 22.0. The SMILES string of the molecule is Cc1n[nH]c2cc(OCCNC[C@H](O)c3cccc(NS(=O)(=O)c4cccc(N(C)C)c4)c3)ccc12. The number of nitrogens with zero attached hydrogens (tertiary/aromatic N) is 2. The normalized spacial score (nSPS) is 12.4. The number of aliphatic hydroxyl groups excluding tert-OH is 1. The Morgan fingerprint density at radius 2 is 1.89 bits per heavy atom. The lowest BCUT2D eigenvalue weighted by atomic mass is 10.1. The van der Waals surface area contributed by atoms with E-state index in [-0.39, 0.29) is 4.90 Å². The first-order valence-electron chi connectivity index (χ1n) is 11.6. The molecule has 0 radical (unpaired) electrons. The molecule has 10 heteroatoms. The van der Waals surface area contributed by atoms with Gasteiger partial charge in [-0.15, -0.1) is 0 Å². The average molecular weight is 510 g/mol. The van der Waals surface area contributed by atoms with Gasteiger partial charge in [0.1, 0.15) is 12.4 Å². The standard InChI is InChI=1S/C26H31N5O4S/c1-18-24-11-10-22(16-25(24)29-28-18)35-13-12-27-17-26(32)19-6-4-7-20(14-19)30-36(33,34)23-9-5-8-21(15-23)31(2)3/h4-11,14-16,26-27,30,32H,12-13,17H2,1-3H3,(H,28,29)/t26-/m0/s1. The van der Waals surface area contributed by atoms with E-state index in [1.54, 1.807) is 42.5 Å². The Kier molecular flexibility index (Phi) is 7.78. The number of hydrogen-bond acceptors (Lipinski definition) is 7. The number of anilines is 2. The molecule has 1 aromatic heterocycles. The lowest BCUT2D eigenvalue weighted by Gasteiger charge is -2.16. The van der Waals surface area contributed by atoms with E-state index in [9.17, 15) is 13.5 Å². The Morgan fingerprint density at radius 3 is 2.69 bits per heavy atom. The molecule has 0 spiro atoms. The van der Waals surface area contributed by atoms with Crippen molar-refractivity contribution in [2.45, 2.75) is 17.9 Å². The van der Waals surface area contributed by atoms with Crippen molar-refractivity contribution in [2.75, 3.05) is 43.4 Å². The van der Waals surface area contributed by atoms with E-state index in [0.29, 0.717) is 30.9 Å². The van der Waals surface area contributed by atoms with Gasteiger partial charge in [0.15, 0.2) is 0 Å². The van der Waals surface area contributed by atoms with Crippen LogP contribution in [0.1, 0.15) is 17.4 Å². The van der Waals surface area contributed by atoms with Crippen molar-refractivity contribution in [3.8, 4) is 5.75 Å². The number of H-pyrrole nitrogens is 1. The highest BCUT2D eigenvalue weighted by Crippen LogP contribution is 2.23. The van der Waals surface area contributed by atoms with Gasteiger partial charge in [0.05, 0.1) is 22.2 Å².